The number of piperidine rings is 1. The largest absolute Gasteiger partial charge is 0.367 e. The van der Waals surface area contributed by atoms with Crippen molar-refractivity contribution in [3.8, 4) is 0 Å². The van der Waals surface area contributed by atoms with Crippen molar-refractivity contribution < 1.29 is 9.53 Å². The Morgan fingerprint density at radius 1 is 1.54 bits per heavy atom. The van der Waals surface area contributed by atoms with Crippen LogP contribution in [0.15, 0.2) is 0 Å². The van der Waals surface area contributed by atoms with E-state index in [9.17, 15) is 4.79 Å². The van der Waals surface area contributed by atoms with Crippen LogP contribution >= 0.6 is 0 Å². The third kappa shape index (κ3) is 0.966. The highest BCUT2D eigenvalue weighted by atomic mass is 16.6. The van der Waals surface area contributed by atoms with Crippen LogP contribution in [0, 0.1) is 0 Å². The Bertz CT molecular complexity index is 253. The SMILES string of the molecule is CCC(=O)N1C2CCC1C1OC1C2. The van der Waals surface area contributed by atoms with Crippen LogP contribution in [0.3, 0.4) is 0 Å². The molecule has 13 heavy (non-hydrogen) atoms. The number of amides is 1. The minimum absolute atomic E-state index is 0.321. The van der Waals surface area contributed by atoms with E-state index in [1.54, 1.807) is 0 Å². The van der Waals surface area contributed by atoms with Gasteiger partial charge in [0.25, 0.3) is 0 Å². The number of epoxide rings is 1. The lowest BCUT2D eigenvalue weighted by atomic mass is 10.0. The van der Waals surface area contributed by atoms with E-state index in [1.165, 1.54) is 6.42 Å². The van der Waals surface area contributed by atoms with Gasteiger partial charge in [-0.25, -0.2) is 0 Å². The van der Waals surface area contributed by atoms with Crippen LogP contribution in [0.25, 0.3) is 0 Å². The van der Waals surface area contributed by atoms with Gasteiger partial charge in [0.2, 0.25) is 5.91 Å². The van der Waals surface area contributed by atoms with Gasteiger partial charge >= 0.3 is 0 Å². The van der Waals surface area contributed by atoms with Gasteiger partial charge in [0.1, 0.15) is 6.10 Å². The molecule has 3 nitrogen and oxygen atoms in total. The van der Waals surface area contributed by atoms with Gasteiger partial charge in [0.05, 0.1) is 12.1 Å². The molecule has 0 aliphatic carbocycles. The molecule has 3 heterocycles. The van der Waals surface area contributed by atoms with E-state index in [0.717, 1.165) is 12.8 Å². The predicted molar refractivity (Wildman–Crippen MR) is 47.2 cm³/mol. The second kappa shape index (κ2) is 2.47. The minimum atomic E-state index is 0.321. The molecule has 3 heteroatoms. The highest BCUT2D eigenvalue weighted by Crippen LogP contribution is 2.46. The van der Waals surface area contributed by atoms with Crippen LogP contribution in [0.1, 0.15) is 32.6 Å². The fourth-order valence-electron chi connectivity index (χ4n) is 2.99. The van der Waals surface area contributed by atoms with Crippen molar-refractivity contribution in [3.05, 3.63) is 0 Å². The van der Waals surface area contributed by atoms with Crippen molar-refractivity contribution in [2.45, 2.75) is 56.9 Å². The zero-order chi connectivity index (χ0) is 9.00. The first-order valence-corrected chi connectivity index (χ1v) is 5.28. The minimum Gasteiger partial charge on any atom is -0.367 e. The average Bonchev–Trinajstić information content (AvgIpc) is 2.81. The fraction of sp³-hybridized carbons (Fsp3) is 0.900. The maximum atomic E-state index is 11.7. The highest BCUT2D eigenvalue weighted by molar-refractivity contribution is 5.77. The molecule has 4 atom stereocenters. The highest BCUT2D eigenvalue weighted by Gasteiger charge is 2.57. The van der Waals surface area contributed by atoms with Gasteiger partial charge in [0, 0.05) is 12.5 Å². The summed E-state index contributed by atoms with van der Waals surface area (Å²) in [6.45, 7) is 1.95. The number of hydrogen-bond donors (Lipinski definition) is 0. The number of ether oxygens (including phenoxy) is 1. The molecule has 0 aromatic carbocycles. The molecular weight excluding hydrogens is 166 g/mol. The number of nitrogens with zero attached hydrogens (tertiary/aromatic N) is 1. The van der Waals surface area contributed by atoms with E-state index in [-0.39, 0.29) is 0 Å². The van der Waals surface area contributed by atoms with Crippen LogP contribution < -0.4 is 0 Å². The molecule has 3 rings (SSSR count). The molecule has 0 spiro atoms. The summed E-state index contributed by atoms with van der Waals surface area (Å²) in [5, 5.41) is 0. The first-order chi connectivity index (χ1) is 6.31. The number of carbonyl (C=O) groups excluding carboxylic acids is 1. The molecule has 0 saturated carbocycles. The van der Waals surface area contributed by atoms with Crippen molar-refractivity contribution in [3.63, 3.8) is 0 Å². The third-order valence-corrected chi connectivity index (χ3v) is 3.64. The molecule has 0 aromatic rings. The maximum absolute atomic E-state index is 11.7. The first-order valence-electron chi connectivity index (χ1n) is 5.28. The summed E-state index contributed by atoms with van der Waals surface area (Å²) in [4.78, 5) is 13.8. The Balaban J connectivity index is 1.84. The third-order valence-electron chi connectivity index (χ3n) is 3.64. The maximum Gasteiger partial charge on any atom is 0.222 e. The standard InChI is InChI=1S/C10H15NO2/c1-2-9(12)11-6-3-4-7(11)10-8(5-6)13-10/h6-8,10H,2-5H2,1H3. The van der Waals surface area contributed by atoms with E-state index in [0.29, 0.717) is 36.6 Å². The first kappa shape index (κ1) is 7.80. The van der Waals surface area contributed by atoms with Gasteiger partial charge in [-0.15, -0.1) is 0 Å². The Morgan fingerprint density at radius 2 is 2.38 bits per heavy atom. The number of rotatable bonds is 1. The molecule has 1 amide bonds. The normalized spacial score (nSPS) is 46.1. The summed E-state index contributed by atoms with van der Waals surface area (Å²) >= 11 is 0. The Hall–Kier alpha value is -0.570. The molecule has 0 aromatic heterocycles. The van der Waals surface area contributed by atoms with Crippen molar-refractivity contribution in [2.75, 3.05) is 0 Å². The summed E-state index contributed by atoms with van der Waals surface area (Å²) in [7, 11) is 0. The summed E-state index contributed by atoms with van der Waals surface area (Å²) in [5.41, 5.74) is 0. The van der Waals surface area contributed by atoms with Crippen molar-refractivity contribution in [1.29, 1.82) is 0 Å². The predicted octanol–water partition coefficient (Wildman–Crippen LogP) is 0.927. The number of hydrogen-bond acceptors (Lipinski definition) is 2. The van der Waals surface area contributed by atoms with E-state index < -0.39 is 0 Å². The molecule has 3 aliphatic heterocycles. The summed E-state index contributed by atoms with van der Waals surface area (Å²) in [6.07, 6.45) is 4.99. The van der Waals surface area contributed by atoms with Gasteiger partial charge in [-0.05, 0) is 19.3 Å². The lowest BCUT2D eigenvalue weighted by molar-refractivity contribution is -0.134. The zero-order valence-corrected chi connectivity index (χ0v) is 7.90. The van der Waals surface area contributed by atoms with Crippen LogP contribution in [0.4, 0.5) is 0 Å². The number of fused-ring (bicyclic) bond motifs is 4. The van der Waals surface area contributed by atoms with Gasteiger partial charge in [-0.1, -0.05) is 6.92 Å². The van der Waals surface area contributed by atoms with Crippen molar-refractivity contribution in [1.82, 2.24) is 4.90 Å². The Morgan fingerprint density at radius 3 is 3.15 bits per heavy atom. The Labute approximate surface area is 78.0 Å². The van der Waals surface area contributed by atoms with Gasteiger partial charge in [-0.2, -0.15) is 0 Å². The molecule has 3 aliphatic rings. The number of carbonyl (C=O) groups is 1. The molecule has 72 valence electrons. The quantitative estimate of drug-likeness (QED) is 0.564. The van der Waals surface area contributed by atoms with Gasteiger partial charge in [0.15, 0.2) is 0 Å². The average molecular weight is 181 g/mol. The van der Waals surface area contributed by atoms with Crippen LogP contribution in [0.2, 0.25) is 0 Å². The van der Waals surface area contributed by atoms with Crippen LogP contribution in [-0.4, -0.2) is 35.1 Å². The van der Waals surface area contributed by atoms with Crippen molar-refractivity contribution in [2.24, 2.45) is 0 Å². The monoisotopic (exact) mass is 181 g/mol. The topological polar surface area (TPSA) is 32.8 Å². The lowest BCUT2D eigenvalue weighted by Gasteiger charge is -2.32. The zero-order valence-electron chi connectivity index (χ0n) is 7.90. The van der Waals surface area contributed by atoms with Crippen LogP contribution in [0.5, 0.6) is 0 Å². The molecule has 2 bridgehead atoms. The molecular formula is C10H15NO2. The lowest BCUT2D eigenvalue weighted by Crippen LogP contribution is -2.47. The second-order valence-electron chi connectivity index (χ2n) is 4.33. The molecule has 3 saturated heterocycles. The summed E-state index contributed by atoms with van der Waals surface area (Å²) in [6, 6.07) is 0.928. The van der Waals surface area contributed by atoms with Gasteiger partial charge in [-0.3, -0.25) is 4.79 Å². The van der Waals surface area contributed by atoms with Crippen LogP contribution in [-0.2, 0) is 9.53 Å². The van der Waals surface area contributed by atoms with Gasteiger partial charge < -0.3 is 9.64 Å². The summed E-state index contributed by atoms with van der Waals surface area (Å²) in [5.74, 6) is 0.321. The van der Waals surface area contributed by atoms with E-state index in [2.05, 4.69) is 4.90 Å². The second-order valence-corrected chi connectivity index (χ2v) is 4.33. The molecule has 0 radical (unpaired) electrons. The summed E-state index contributed by atoms with van der Waals surface area (Å²) < 4.78 is 5.54. The van der Waals surface area contributed by atoms with E-state index in [1.807, 2.05) is 6.92 Å². The van der Waals surface area contributed by atoms with Crippen molar-refractivity contribution >= 4 is 5.91 Å². The molecule has 4 unspecified atom stereocenters. The molecule has 3 fully saturated rings. The van der Waals surface area contributed by atoms with E-state index in [4.69, 9.17) is 4.74 Å². The molecule has 0 N–H and O–H groups in total. The Kier molecular flexibility index (Phi) is 1.48. The smallest absolute Gasteiger partial charge is 0.222 e. The van der Waals surface area contributed by atoms with E-state index >= 15 is 0 Å². The fourth-order valence-corrected chi connectivity index (χ4v) is 2.99.